The van der Waals surface area contributed by atoms with E-state index in [9.17, 15) is 0 Å². The van der Waals surface area contributed by atoms with Gasteiger partial charge >= 0.3 is 0 Å². The molecule has 0 fully saturated rings. The predicted molar refractivity (Wildman–Crippen MR) is 74.8 cm³/mol. The summed E-state index contributed by atoms with van der Waals surface area (Å²) in [4.78, 5) is 12.9. The fourth-order valence-corrected chi connectivity index (χ4v) is 2.52. The summed E-state index contributed by atoms with van der Waals surface area (Å²) < 4.78 is 0. The van der Waals surface area contributed by atoms with E-state index < -0.39 is 0 Å². The monoisotopic (exact) mass is 270 g/mol. The fraction of sp³-hybridized carbons (Fsp3) is 0.286. The summed E-state index contributed by atoms with van der Waals surface area (Å²) in [5.41, 5.74) is 4.51. The van der Waals surface area contributed by atoms with Crippen LogP contribution in [-0.4, -0.2) is 15.0 Å². The second-order valence-electron chi connectivity index (χ2n) is 4.21. The normalized spacial score (nSPS) is 10.2. The molecule has 2 rings (SSSR count). The fourth-order valence-electron chi connectivity index (χ4n) is 1.60. The van der Waals surface area contributed by atoms with Crippen molar-refractivity contribution in [2.75, 3.05) is 0 Å². The van der Waals surface area contributed by atoms with Gasteiger partial charge in [-0.2, -0.15) is 5.26 Å². The molecular formula is C14H14N4S. The summed E-state index contributed by atoms with van der Waals surface area (Å²) in [7, 11) is 0. The topological polar surface area (TPSA) is 62.5 Å². The van der Waals surface area contributed by atoms with E-state index in [1.165, 1.54) is 11.8 Å². The van der Waals surface area contributed by atoms with Gasteiger partial charge < -0.3 is 0 Å². The zero-order valence-corrected chi connectivity index (χ0v) is 12.0. The molecular weight excluding hydrogens is 256 g/mol. The van der Waals surface area contributed by atoms with Gasteiger partial charge in [-0.25, -0.2) is 15.0 Å². The van der Waals surface area contributed by atoms with Gasteiger partial charge in [-0.1, -0.05) is 17.8 Å². The molecule has 0 bridgehead atoms. The van der Waals surface area contributed by atoms with Crippen LogP contribution < -0.4 is 0 Å². The third kappa shape index (κ3) is 3.09. The summed E-state index contributed by atoms with van der Waals surface area (Å²) in [5.74, 6) is 0.651. The minimum atomic E-state index is 0.468. The Morgan fingerprint density at radius 3 is 2.53 bits per heavy atom. The lowest BCUT2D eigenvalue weighted by atomic mass is 10.2. The van der Waals surface area contributed by atoms with Gasteiger partial charge in [0.25, 0.3) is 0 Å². The molecule has 2 aromatic heterocycles. The highest BCUT2D eigenvalue weighted by molar-refractivity contribution is 7.98. The van der Waals surface area contributed by atoms with Gasteiger partial charge in [0.05, 0.1) is 0 Å². The Morgan fingerprint density at radius 2 is 1.89 bits per heavy atom. The van der Waals surface area contributed by atoms with Crippen molar-refractivity contribution in [2.45, 2.75) is 31.7 Å². The Hall–Kier alpha value is -1.93. The maximum Gasteiger partial charge on any atom is 0.188 e. The maximum atomic E-state index is 8.99. The van der Waals surface area contributed by atoms with Crippen molar-refractivity contribution in [3.05, 3.63) is 46.5 Å². The second-order valence-corrected chi connectivity index (χ2v) is 5.16. The molecule has 0 N–H and O–H groups in total. The van der Waals surface area contributed by atoms with Crippen molar-refractivity contribution in [1.29, 1.82) is 5.26 Å². The maximum absolute atomic E-state index is 8.99. The van der Waals surface area contributed by atoms with Crippen LogP contribution in [0.25, 0.3) is 0 Å². The molecule has 0 aliphatic carbocycles. The van der Waals surface area contributed by atoms with Gasteiger partial charge in [0.15, 0.2) is 5.16 Å². The minimum absolute atomic E-state index is 0.468. The first-order chi connectivity index (χ1) is 9.11. The van der Waals surface area contributed by atoms with Gasteiger partial charge in [-0.15, -0.1) is 0 Å². The molecule has 0 atom stereocenters. The van der Waals surface area contributed by atoms with Gasteiger partial charge in [0, 0.05) is 23.3 Å². The third-order valence-electron chi connectivity index (χ3n) is 2.97. The van der Waals surface area contributed by atoms with Crippen LogP contribution in [0.4, 0.5) is 0 Å². The van der Waals surface area contributed by atoms with Gasteiger partial charge in [0.2, 0.25) is 0 Å². The van der Waals surface area contributed by atoms with E-state index >= 15 is 0 Å². The summed E-state index contributed by atoms with van der Waals surface area (Å²) in [5, 5.41) is 9.73. The molecule has 0 aromatic carbocycles. The smallest absolute Gasteiger partial charge is 0.188 e. The van der Waals surface area contributed by atoms with E-state index in [2.05, 4.69) is 21.0 Å². The van der Waals surface area contributed by atoms with Crippen LogP contribution in [0.15, 0.2) is 23.5 Å². The average molecular weight is 270 g/mol. The van der Waals surface area contributed by atoms with Crippen molar-refractivity contribution in [3.8, 4) is 6.07 Å². The number of thioether (sulfide) groups is 1. The highest BCUT2D eigenvalue weighted by Crippen LogP contribution is 2.22. The SMILES string of the molecule is Cc1nc(SCc2cccnc2C#N)nc(C)c1C. The molecule has 0 saturated heterocycles. The van der Waals surface area contributed by atoms with E-state index in [-0.39, 0.29) is 0 Å². The number of nitrogens with zero attached hydrogens (tertiary/aromatic N) is 4. The van der Waals surface area contributed by atoms with Crippen LogP contribution in [0.1, 0.15) is 28.2 Å². The van der Waals surface area contributed by atoms with Crippen LogP contribution in [-0.2, 0) is 5.75 Å². The summed E-state index contributed by atoms with van der Waals surface area (Å²) in [6, 6.07) is 5.84. The van der Waals surface area contributed by atoms with E-state index in [1.807, 2.05) is 32.9 Å². The molecule has 2 aromatic rings. The Morgan fingerprint density at radius 1 is 1.21 bits per heavy atom. The number of hydrogen-bond donors (Lipinski definition) is 0. The van der Waals surface area contributed by atoms with Crippen molar-refractivity contribution < 1.29 is 0 Å². The van der Waals surface area contributed by atoms with E-state index in [1.54, 1.807) is 6.20 Å². The Bertz CT molecular complexity index is 623. The third-order valence-corrected chi connectivity index (χ3v) is 3.86. The first-order valence-corrected chi connectivity index (χ1v) is 6.89. The summed E-state index contributed by atoms with van der Waals surface area (Å²) in [6.07, 6.45) is 1.63. The first kappa shape index (κ1) is 13.5. The van der Waals surface area contributed by atoms with Crippen molar-refractivity contribution in [3.63, 3.8) is 0 Å². The molecule has 0 unspecified atom stereocenters. The zero-order chi connectivity index (χ0) is 13.8. The molecule has 5 heteroatoms. The molecule has 96 valence electrons. The Kier molecular flexibility index (Phi) is 4.13. The molecule has 0 spiro atoms. The molecule has 2 heterocycles. The Labute approximate surface area is 116 Å². The second kappa shape index (κ2) is 5.81. The standard InChI is InChI=1S/C14H14N4S/c1-9-10(2)17-14(18-11(9)3)19-8-12-5-4-6-16-13(12)7-15/h4-6H,8H2,1-3H3. The van der Waals surface area contributed by atoms with Crippen molar-refractivity contribution in [1.82, 2.24) is 15.0 Å². The van der Waals surface area contributed by atoms with Crippen molar-refractivity contribution >= 4 is 11.8 Å². The molecule has 19 heavy (non-hydrogen) atoms. The van der Waals surface area contributed by atoms with Crippen LogP contribution in [0.2, 0.25) is 0 Å². The van der Waals surface area contributed by atoms with Crippen LogP contribution in [0.3, 0.4) is 0 Å². The predicted octanol–water partition coefficient (Wildman–Crippen LogP) is 2.96. The lowest BCUT2D eigenvalue weighted by Gasteiger charge is -2.07. The summed E-state index contributed by atoms with van der Waals surface area (Å²) in [6.45, 7) is 5.99. The van der Waals surface area contributed by atoms with E-state index in [0.717, 1.165) is 27.7 Å². The number of aromatic nitrogens is 3. The van der Waals surface area contributed by atoms with E-state index in [0.29, 0.717) is 11.4 Å². The van der Waals surface area contributed by atoms with Gasteiger partial charge in [-0.3, -0.25) is 0 Å². The molecule has 0 radical (unpaired) electrons. The number of nitriles is 1. The molecule has 0 saturated carbocycles. The Balaban J connectivity index is 2.17. The van der Waals surface area contributed by atoms with Gasteiger partial charge in [0.1, 0.15) is 11.8 Å². The molecule has 0 amide bonds. The highest BCUT2D eigenvalue weighted by atomic mass is 32.2. The first-order valence-electron chi connectivity index (χ1n) is 5.90. The van der Waals surface area contributed by atoms with Gasteiger partial charge in [-0.05, 0) is 38.0 Å². The summed E-state index contributed by atoms with van der Waals surface area (Å²) >= 11 is 1.53. The number of hydrogen-bond acceptors (Lipinski definition) is 5. The van der Waals surface area contributed by atoms with Crippen LogP contribution >= 0.6 is 11.8 Å². The largest absolute Gasteiger partial charge is 0.245 e. The van der Waals surface area contributed by atoms with Crippen LogP contribution in [0.5, 0.6) is 0 Å². The molecule has 4 nitrogen and oxygen atoms in total. The van der Waals surface area contributed by atoms with Crippen molar-refractivity contribution in [2.24, 2.45) is 0 Å². The quantitative estimate of drug-likeness (QED) is 0.634. The lowest BCUT2D eigenvalue weighted by molar-refractivity contribution is 0.880. The average Bonchev–Trinajstić information content (AvgIpc) is 2.42. The van der Waals surface area contributed by atoms with E-state index in [4.69, 9.17) is 5.26 Å². The van der Waals surface area contributed by atoms with Crippen LogP contribution in [0, 0.1) is 32.1 Å². The number of pyridine rings is 1. The molecule has 0 aliphatic rings. The number of aryl methyl sites for hydroxylation is 2. The lowest BCUT2D eigenvalue weighted by Crippen LogP contribution is -1.99. The molecule has 0 aliphatic heterocycles. The zero-order valence-electron chi connectivity index (χ0n) is 11.1. The highest BCUT2D eigenvalue weighted by Gasteiger charge is 2.07. The minimum Gasteiger partial charge on any atom is -0.245 e. The number of rotatable bonds is 3.